The van der Waals surface area contributed by atoms with Crippen LogP contribution >= 0.6 is 11.6 Å². The minimum absolute atomic E-state index is 0.0658. The molecule has 110 valence electrons. The van der Waals surface area contributed by atoms with Crippen molar-refractivity contribution in [1.82, 2.24) is 4.90 Å². The quantitative estimate of drug-likeness (QED) is 0.933. The minimum atomic E-state index is -0.128. The number of halogens is 1. The molecule has 1 amide bonds. The lowest BCUT2D eigenvalue weighted by Gasteiger charge is -2.26. The number of rotatable bonds is 4. The summed E-state index contributed by atoms with van der Waals surface area (Å²) in [5.41, 5.74) is 1.54. The van der Waals surface area contributed by atoms with Crippen molar-refractivity contribution in [2.24, 2.45) is 0 Å². The second-order valence-corrected chi connectivity index (χ2v) is 5.41. The van der Waals surface area contributed by atoms with Crippen LogP contribution in [0.25, 0.3) is 0 Å². The Morgan fingerprint density at radius 2 is 1.81 bits per heavy atom. The summed E-state index contributed by atoms with van der Waals surface area (Å²) in [6, 6.07) is 14.2. The van der Waals surface area contributed by atoms with Crippen LogP contribution in [0.1, 0.15) is 24.1 Å². The molecule has 0 radical (unpaired) electrons. The van der Waals surface area contributed by atoms with Gasteiger partial charge in [-0.2, -0.15) is 0 Å². The predicted octanol–water partition coefficient (Wildman–Crippen LogP) is 3.81. The molecule has 2 rings (SSSR count). The van der Waals surface area contributed by atoms with E-state index in [4.69, 9.17) is 11.6 Å². The van der Waals surface area contributed by atoms with Gasteiger partial charge in [-0.25, -0.2) is 0 Å². The number of carbonyl (C=O) groups is 1. The SMILES string of the molecule is CC(c1ccccc1Cl)N(C)C(=O)Cc1ccccc1O. The van der Waals surface area contributed by atoms with Crippen LogP contribution in [0, 0.1) is 0 Å². The van der Waals surface area contributed by atoms with Crippen LogP contribution in [-0.2, 0) is 11.2 Å². The van der Waals surface area contributed by atoms with Gasteiger partial charge in [0.1, 0.15) is 5.75 Å². The van der Waals surface area contributed by atoms with Gasteiger partial charge in [-0.3, -0.25) is 4.79 Å². The summed E-state index contributed by atoms with van der Waals surface area (Å²) in [6.07, 6.45) is 0.165. The van der Waals surface area contributed by atoms with E-state index in [9.17, 15) is 9.90 Å². The van der Waals surface area contributed by atoms with E-state index >= 15 is 0 Å². The molecule has 0 bridgehead atoms. The first-order valence-electron chi connectivity index (χ1n) is 6.77. The first-order chi connectivity index (χ1) is 10.0. The lowest BCUT2D eigenvalue weighted by molar-refractivity contribution is -0.131. The van der Waals surface area contributed by atoms with Crippen LogP contribution in [-0.4, -0.2) is 23.0 Å². The summed E-state index contributed by atoms with van der Waals surface area (Å²) in [6.45, 7) is 1.93. The van der Waals surface area contributed by atoms with Gasteiger partial charge in [-0.1, -0.05) is 48.0 Å². The molecule has 0 saturated heterocycles. The molecule has 0 saturated carbocycles. The highest BCUT2D eigenvalue weighted by atomic mass is 35.5. The number of aromatic hydroxyl groups is 1. The number of phenolic OH excluding ortho intramolecular Hbond substituents is 1. The maximum atomic E-state index is 12.4. The Bertz CT molecular complexity index is 642. The summed E-state index contributed by atoms with van der Waals surface area (Å²) in [5, 5.41) is 10.4. The van der Waals surface area contributed by atoms with Crippen molar-refractivity contribution < 1.29 is 9.90 Å². The van der Waals surface area contributed by atoms with E-state index in [2.05, 4.69) is 0 Å². The molecular formula is C17H18ClNO2. The smallest absolute Gasteiger partial charge is 0.227 e. The van der Waals surface area contributed by atoms with Gasteiger partial charge in [0.15, 0.2) is 0 Å². The molecule has 4 heteroatoms. The van der Waals surface area contributed by atoms with E-state index in [1.807, 2.05) is 31.2 Å². The van der Waals surface area contributed by atoms with Gasteiger partial charge in [0, 0.05) is 17.6 Å². The number of likely N-dealkylation sites (N-methyl/N-ethyl adjacent to an activating group) is 1. The lowest BCUT2D eigenvalue weighted by atomic mass is 10.1. The van der Waals surface area contributed by atoms with Crippen LogP contribution in [0.15, 0.2) is 48.5 Å². The molecule has 0 aliphatic rings. The normalized spacial score (nSPS) is 12.0. The largest absolute Gasteiger partial charge is 0.508 e. The van der Waals surface area contributed by atoms with E-state index < -0.39 is 0 Å². The summed E-state index contributed by atoms with van der Waals surface area (Å²) in [5.74, 6) is 0.0774. The molecule has 3 nitrogen and oxygen atoms in total. The number of phenols is 1. The topological polar surface area (TPSA) is 40.5 Å². The monoisotopic (exact) mass is 303 g/mol. The third kappa shape index (κ3) is 3.56. The first kappa shape index (κ1) is 15.4. The predicted molar refractivity (Wildman–Crippen MR) is 84.4 cm³/mol. The van der Waals surface area contributed by atoms with E-state index in [1.165, 1.54) is 0 Å². The van der Waals surface area contributed by atoms with E-state index in [0.29, 0.717) is 10.6 Å². The second-order valence-electron chi connectivity index (χ2n) is 5.01. The number of hydrogen-bond donors (Lipinski definition) is 1. The van der Waals surface area contributed by atoms with Gasteiger partial charge in [0.05, 0.1) is 12.5 Å². The number of nitrogens with zero attached hydrogens (tertiary/aromatic N) is 1. The molecule has 21 heavy (non-hydrogen) atoms. The molecule has 0 spiro atoms. The Hall–Kier alpha value is -2.00. The average molecular weight is 304 g/mol. The Labute approximate surface area is 129 Å². The Morgan fingerprint density at radius 1 is 1.19 bits per heavy atom. The van der Waals surface area contributed by atoms with Gasteiger partial charge >= 0.3 is 0 Å². The summed E-state index contributed by atoms with van der Waals surface area (Å²) in [7, 11) is 1.75. The molecule has 1 unspecified atom stereocenters. The van der Waals surface area contributed by atoms with Crippen LogP contribution in [0.2, 0.25) is 5.02 Å². The molecule has 0 fully saturated rings. The van der Waals surface area contributed by atoms with Gasteiger partial charge < -0.3 is 10.0 Å². The fourth-order valence-electron chi connectivity index (χ4n) is 2.19. The van der Waals surface area contributed by atoms with Crippen molar-refractivity contribution >= 4 is 17.5 Å². The molecule has 0 aromatic heterocycles. The van der Waals surface area contributed by atoms with E-state index in [0.717, 1.165) is 5.56 Å². The summed E-state index contributed by atoms with van der Waals surface area (Å²) in [4.78, 5) is 14.0. The van der Waals surface area contributed by atoms with Crippen molar-refractivity contribution in [3.05, 3.63) is 64.7 Å². The highest BCUT2D eigenvalue weighted by Gasteiger charge is 2.20. The first-order valence-corrected chi connectivity index (χ1v) is 7.15. The molecular weight excluding hydrogens is 286 g/mol. The molecule has 0 heterocycles. The fraction of sp³-hybridized carbons (Fsp3) is 0.235. The summed E-state index contributed by atoms with van der Waals surface area (Å²) >= 11 is 6.18. The van der Waals surface area contributed by atoms with Gasteiger partial charge in [-0.15, -0.1) is 0 Å². The average Bonchev–Trinajstić information content (AvgIpc) is 2.48. The van der Waals surface area contributed by atoms with Gasteiger partial charge in [-0.05, 0) is 24.6 Å². The highest BCUT2D eigenvalue weighted by molar-refractivity contribution is 6.31. The van der Waals surface area contributed by atoms with E-state index in [1.54, 1.807) is 36.2 Å². The van der Waals surface area contributed by atoms with Gasteiger partial charge in [0.2, 0.25) is 5.91 Å². The Kier molecular flexibility index (Phi) is 4.86. The minimum Gasteiger partial charge on any atom is -0.508 e. The zero-order valence-corrected chi connectivity index (χ0v) is 12.8. The zero-order chi connectivity index (χ0) is 15.4. The molecule has 2 aromatic rings. The number of carbonyl (C=O) groups excluding carboxylic acids is 1. The number of amides is 1. The fourth-order valence-corrected chi connectivity index (χ4v) is 2.48. The summed E-state index contributed by atoms with van der Waals surface area (Å²) < 4.78 is 0. The molecule has 0 aliphatic carbocycles. The van der Waals surface area contributed by atoms with E-state index in [-0.39, 0.29) is 24.1 Å². The van der Waals surface area contributed by atoms with Crippen molar-refractivity contribution in [2.45, 2.75) is 19.4 Å². The highest BCUT2D eigenvalue weighted by Crippen LogP contribution is 2.27. The number of benzene rings is 2. The van der Waals surface area contributed by atoms with Crippen LogP contribution in [0.4, 0.5) is 0 Å². The zero-order valence-electron chi connectivity index (χ0n) is 12.1. The van der Waals surface area contributed by atoms with Gasteiger partial charge in [0.25, 0.3) is 0 Å². The standard InChI is InChI=1S/C17H18ClNO2/c1-12(14-8-4-5-9-15(14)18)19(2)17(21)11-13-7-3-6-10-16(13)20/h3-10,12,20H,11H2,1-2H3. The maximum absolute atomic E-state index is 12.4. The molecule has 2 aromatic carbocycles. The van der Waals surface area contributed by atoms with Crippen LogP contribution in [0.5, 0.6) is 5.75 Å². The molecule has 1 N–H and O–H groups in total. The van der Waals surface area contributed by atoms with Crippen molar-refractivity contribution in [1.29, 1.82) is 0 Å². The second kappa shape index (κ2) is 6.64. The maximum Gasteiger partial charge on any atom is 0.227 e. The number of para-hydroxylation sites is 1. The Balaban J connectivity index is 2.13. The van der Waals surface area contributed by atoms with Crippen molar-refractivity contribution in [3.8, 4) is 5.75 Å². The Morgan fingerprint density at radius 3 is 2.48 bits per heavy atom. The van der Waals surface area contributed by atoms with Crippen LogP contribution in [0.3, 0.4) is 0 Å². The lowest BCUT2D eigenvalue weighted by Crippen LogP contribution is -2.31. The van der Waals surface area contributed by atoms with Crippen molar-refractivity contribution in [2.75, 3.05) is 7.05 Å². The van der Waals surface area contributed by atoms with Crippen molar-refractivity contribution in [3.63, 3.8) is 0 Å². The number of hydrogen-bond acceptors (Lipinski definition) is 2. The third-order valence-electron chi connectivity index (χ3n) is 3.66. The third-order valence-corrected chi connectivity index (χ3v) is 4.01. The molecule has 1 atom stereocenters. The molecule has 0 aliphatic heterocycles. The van der Waals surface area contributed by atoms with Crippen LogP contribution < -0.4 is 0 Å².